The second-order valence-corrected chi connectivity index (χ2v) is 4.89. The molecule has 0 bridgehead atoms. The van der Waals surface area contributed by atoms with Crippen molar-refractivity contribution in [2.75, 3.05) is 6.61 Å². The quantitative estimate of drug-likeness (QED) is 0.798. The van der Waals surface area contributed by atoms with Gasteiger partial charge in [-0.25, -0.2) is 4.79 Å². The molecule has 2 aromatic carbocycles. The van der Waals surface area contributed by atoms with E-state index in [1.165, 1.54) is 0 Å². The first-order valence-corrected chi connectivity index (χ1v) is 6.74. The van der Waals surface area contributed by atoms with Crippen molar-refractivity contribution in [1.82, 2.24) is 4.57 Å². The van der Waals surface area contributed by atoms with Crippen LogP contribution >= 0.6 is 11.6 Å². The molecule has 1 heterocycles. The van der Waals surface area contributed by atoms with Gasteiger partial charge in [-0.2, -0.15) is 0 Å². The van der Waals surface area contributed by atoms with E-state index in [-0.39, 0.29) is 0 Å². The summed E-state index contributed by atoms with van der Waals surface area (Å²) in [5, 5.41) is 9.90. The minimum Gasteiger partial charge on any atom is -0.480 e. The summed E-state index contributed by atoms with van der Waals surface area (Å²) in [6.07, 6.45) is 1.92. The van der Waals surface area contributed by atoms with E-state index in [0.717, 1.165) is 16.6 Å². The summed E-state index contributed by atoms with van der Waals surface area (Å²) in [4.78, 5) is 10.6. The molecular weight excluding hydrogens is 290 g/mol. The summed E-state index contributed by atoms with van der Waals surface area (Å²) in [6, 6.07) is 15.3. The summed E-state index contributed by atoms with van der Waals surface area (Å²) in [7, 11) is 0. The third kappa shape index (κ3) is 2.58. The number of benzene rings is 2. The molecule has 1 aromatic heterocycles. The van der Waals surface area contributed by atoms with Gasteiger partial charge in [0.2, 0.25) is 0 Å². The van der Waals surface area contributed by atoms with Crippen molar-refractivity contribution in [3.8, 4) is 11.4 Å². The Bertz CT molecular complexity index is 796. The van der Waals surface area contributed by atoms with Crippen LogP contribution in [0.5, 0.6) is 5.75 Å². The third-order valence-electron chi connectivity index (χ3n) is 3.16. The minimum absolute atomic E-state index is 0.373. The van der Waals surface area contributed by atoms with Crippen LogP contribution in [0.1, 0.15) is 0 Å². The summed E-state index contributed by atoms with van der Waals surface area (Å²) in [6.45, 7) is -0.412. The van der Waals surface area contributed by atoms with E-state index in [1.807, 2.05) is 53.2 Å². The standard InChI is InChI=1S/C16H12ClNO3/c17-16-12-8-9-18(11-4-2-1-3-5-11)13(12)6-7-14(16)21-10-15(19)20/h1-9H,10H2,(H,19,20). The third-order valence-corrected chi connectivity index (χ3v) is 3.55. The average Bonchev–Trinajstić information content (AvgIpc) is 2.92. The Labute approximate surface area is 126 Å². The van der Waals surface area contributed by atoms with Crippen LogP contribution < -0.4 is 4.74 Å². The molecule has 0 saturated heterocycles. The molecular formula is C16H12ClNO3. The van der Waals surface area contributed by atoms with Gasteiger partial charge in [-0.1, -0.05) is 29.8 Å². The van der Waals surface area contributed by atoms with Crippen LogP contribution in [0, 0.1) is 0 Å². The number of nitrogens with zero attached hydrogens (tertiary/aromatic N) is 1. The number of aliphatic carboxylic acids is 1. The smallest absolute Gasteiger partial charge is 0.341 e. The van der Waals surface area contributed by atoms with E-state index < -0.39 is 12.6 Å². The van der Waals surface area contributed by atoms with Gasteiger partial charge in [-0.15, -0.1) is 0 Å². The van der Waals surface area contributed by atoms with Crippen LogP contribution in [-0.2, 0) is 4.79 Å². The minimum atomic E-state index is -1.03. The monoisotopic (exact) mass is 301 g/mol. The van der Waals surface area contributed by atoms with Gasteiger partial charge in [0.15, 0.2) is 6.61 Å². The molecule has 0 saturated carbocycles. The fraction of sp³-hybridized carbons (Fsp3) is 0.0625. The van der Waals surface area contributed by atoms with Crippen molar-refractivity contribution >= 4 is 28.5 Å². The molecule has 21 heavy (non-hydrogen) atoms. The second kappa shape index (κ2) is 5.50. The molecule has 5 heteroatoms. The number of carbonyl (C=O) groups is 1. The Hall–Kier alpha value is -2.46. The van der Waals surface area contributed by atoms with Crippen LogP contribution in [0.3, 0.4) is 0 Å². The lowest BCUT2D eigenvalue weighted by Gasteiger charge is -2.09. The summed E-state index contributed by atoms with van der Waals surface area (Å²) in [5.74, 6) is -0.662. The molecule has 1 N–H and O–H groups in total. The van der Waals surface area contributed by atoms with Gasteiger partial charge in [0.1, 0.15) is 5.75 Å². The highest BCUT2D eigenvalue weighted by molar-refractivity contribution is 6.37. The van der Waals surface area contributed by atoms with Crippen molar-refractivity contribution < 1.29 is 14.6 Å². The zero-order chi connectivity index (χ0) is 14.8. The number of rotatable bonds is 4. The molecule has 3 rings (SSSR count). The number of para-hydroxylation sites is 1. The van der Waals surface area contributed by atoms with Gasteiger partial charge in [0.25, 0.3) is 0 Å². The zero-order valence-electron chi connectivity index (χ0n) is 11.0. The van der Waals surface area contributed by atoms with E-state index in [2.05, 4.69) is 0 Å². The highest BCUT2D eigenvalue weighted by atomic mass is 35.5. The van der Waals surface area contributed by atoms with E-state index in [0.29, 0.717) is 10.8 Å². The van der Waals surface area contributed by atoms with Gasteiger partial charge in [0.05, 0.1) is 10.5 Å². The Balaban J connectivity index is 2.05. The van der Waals surface area contributed by atoms with E-state index in [9.17, 15) is 4.79 Å². The Morgan fingerprint density at radius 2 is 1.90 bits per heavy atom. The van der Waals surface area contributed by atoms with Gasteiger partial charge in [-0.3, -0.25) is 0 Å². The number of carboxylic acid groups (broad SMARTS) is 1. The van der Waals surface area contributed by atoms with E-state index in [1.54, 1.807) is 6.07 Å². The lowest BCUT2D eigenvalue weighted by Crippen LogP contribution is -2.09. The SMILES string of the molecule is O=C(O)COc1ccc2c(ccn2-c2ccccc2)c1Cl. The molecule has 0 aliphatic rings. The van der Waals surface area contributed by atoms with Gasteiger partial charge in [0, 0.05) is 17.3 Å². The zero-order valence-corrected chi connectivity index (χ0v) is 11.7. The number of ether oxygens (including phenoxy) is 1. The van der Waals surface area contributed by atoms with Gasteiger partial charge >= 0.3 is 5.97 Å². The van der Waals surface area contributed by atoms with E-state index in [4.69, 9.17) is 21.4 Å². The fourth-order valence-electron chi connectivity index (χ4n) is 2.23. The van der Waals surface area contributed by atoms with Crippen molar-refractivity contribution in [3.63, 3.8) is 0 Å². The van der Waals surface area contributed by atoms with Crippen LogP contribution in [0.4, 0.5) is 0 Å². The summed E-state index contributed by atoms with van der Waals surface area (Å²) in [5.41, 5.74) is 1.97. The maximum absolute atomic E-state index is 10.6. The molecule has 0 aliphatic heterocycles. The first kappa shape index (κ1) is 13.5. The molecule has 3 aromatic rings. The summed E-state index contributed by atoms with van der Waals surface area (Å²) >= 11 is 6.29. The molecule has 0 amide bonds. The Morgan fingerprint density at radius 3 is 2.62 bits per heavy atom. The lowest BCUT2D eigenvalue weighted by molar-refractivity contribution is -0.139. The number of halogens is 1. The maximum Gasteiger partial charge on any atom is 0.341 e. The predicted molar refractivity (Wildman–Crippen MR) is 81.4 cm³/mol. The number of carboxylic acids is 1. The molecule has 0 fully saturated rings. The van der Waals surface area contributed by atoms with Gasteiger partial charge < -0.3 is 14.4 Å². The fourth-order valence-corrected chi connectivity index (χ4v) is 2.50. The topological polar surface area (TPSA) is 51.5 Å². The number of hydrogen-bond acceptors (Lipinski definition) is 2. The molecule has 106 valence electrons. The number of hydrogen-bond donors (Lipinski definition) is 1. The number of aromatic nitrogens is 1. The highest BCUT2D eigenvalue weighted by Crippen LogP contribution is 2.34. The van der Waals surface area contributed by atoms with Crippen molar-refractivity contribution in [3.05, 3.63) is 59.8 Å². The molecule has 0 aliphatic carbocycles. The van der Waals surface area contributed by atoms with Crippen molar-refractivity contribution in [2.24, 2.45) is 0 Å². The lowest BCUT2D eigenvalue weighted by atomic mass is 10.2. The van der Waals surface area contributed by atoms with Crippen LogP contribution in [0.15, 0.2) is 54.7 Å². The molecule has 0 spiro atoms. The maximum atomic E-state index is 10.6. The largest absolute Gasteiger partial charge is 0.480 e. The van der Waals surface area contributed by atoms with Crippen LogP contribution in [0.25, 0.3) is 16.6 Å². The molecule has 0 unspecified atom stereocenters. The van der Waals surface area contributed by atoms with Crippen molar-refractivity contribution in [1.29, 1.82) is 0 Å². The average molecular weight is 302 g/mol. The van der Waals surface area contributed by atoms with Crippen LogP contribution in [-0.4, -0.2) is 22.2 Å². The van der Waals surface area contributed by atoms with Crippen molar-refractivity contribution in [2.45, 2.75) is 0 Å². The Morgan fingerprint density at radius 1 is 1.14 bits per heavy atom. The highest BCUT2D eigenvalue weighted by Gasteiger charge is 2.11. The summed E-state index contributed by atoms with van der Waals surface area (Å²) < 4.78 is 7.20. The van der Waals surface area contributed by atoms with Gasteiger partial charge in [-0.05, 0) is 30.3 Å². The normalized spacial score (nSPS) is 10.7. The van der Waals surface area contributed by atoms with E-state index >= 15 is 0 Å². The molecule has 0 radical (unpaired) electrons. The molecule has 4 nitrogen and oxygen atoms in total. The second-order valence-electron chi connectivity index (χ2n) is 4.51. The first-order chi connectivity index (χ1) is 10.2. The predicted octanol–water partition coefficient (Wildman–Crippen LogP) is 3.75. The Kier molecular flexibility index (Phi) is 3.54. The van der Waals surface area contributed by atoms with Crippen LogP contribution in [0.2, 0.25) is 5.02 Å². The first-order valence-electron chi connectivity index (χ1n) is 6.36. The number of fused-ring (bicyclic) bond motifs is 1. The molecule has 0 atom stereocenters.